The molecule has 2 N–H and O–H groups in total. The van der Waals surface area contributed by atoms with Gasteiger partial charge in [-0.2, -0.15) is 0 Å². The first kappa shape index (κ1) is 14.5. The largest absolute Gasteiger partial charge is 0.289 e. The number of hydrogen-bond acceptors (Lipinski definition) is 2. The first-order valence-corrected chi connectivity index (χ1v) is 7.46. The summed E-state index contributed by atoms with van der Waals surface area (Å²) in [5.41, 5.74) is 5.35. The molecule has 3 heteroatoms. The summed E-state index contributed by atoms with van der Waals surface area (Å²) in [6.45, 7) is 2.00. The molecule has 1 amide bonds. The van der Waals surface area contributed by atoms with E-state index in [2.05, 4.69) is 12.1 Å². The van der Waals surface area contributed by atoms with E-state index in [1.165, 1.54) is 5.57 Å². The summed E-state index contributed by atoms with van der Waals surface area (Å²) in [7, 11) is 0. The van der Waals surface area contributed by atoms with Crippen LogP contribution in [0.15, 0.2) is 66.2 Å². The topological polar surface area (TPSA) is 49.3 Å². The molecule has 0 fully saturated rings. The average Bonchev–Trinajstić information content (AvgIpc) is 2.94. The van der Waals surface area contributed by atoms with Crippen molar-refractivity contribution in [3.63, 3.8) is 0 Å². The lowest BCUT2D eigenvalue weighted by atomic mass is 9.74. The molecular weight excluding hydrogens is 274 g/mol. The van der Waals surface area contributed by atoms with Crippen LogP contribution in [0.2, 0.25) is 0 Å². The maximum absolute atomic E-state index is 12.5. The van der Waals surface area contributed by atoms with Crippen LogP contribution in [0.25, 0.3) is 5.57 Å². The van der Waals surface area contributed by atoms with Gasteiger partial charge in [0.2, 0.25) is 0 Å². The standard InChI is InChI=1S/C19H19NO2/c1-14-17(15-8-4-2-5-9-15)12-13-19(14,18(21)20-22)16-10-6-3-7-11-16/h2-11,22H,12-13H2,1H3,(H,20,21)/t19-/m0/s1. The van der Waals surface area contributed by atoms with E-state index < -0.39 is 5.41 Å². The second kappa shape index (κ2) is 5.78. The van der Waals surface area contributed by atoms with Crippen LogP contribution in [0.3, 0.4) is 0 Å². The van der Waals surface area contributed by atoms with Crippen molar-refractivity contribution in [3.05, 3.63) is 77.4 Å². The molecule has 1 aliphatic carbocycles. The third kappa shape index (κ3) is 2.14. The van der Waals surface area contributed by atoms with E-state index in [9.17, 15) is 10.0 Å². The van der Waals surface area contributed by atoms with Gasteiger partial charge in [0.05, 0.1) is 5.41 Å². The molecule has 0 saturated carbocycles. The summed E-state index contributed by atoms with van der Waals surface area (Å²) >= 11 is 0. The molecule has 2 aromatic rings. The number of carbonyl (C=O) groups excluding carboxylic acids is 1. The normalized spacial score (nSPS) is 21.0. The van der Waals surface area contributed by atoms with Gasteiger partial charge in [-0.25, -0.2) is 5.48 Å². The van der Waals surface area contributed by atoms with Crippen molar-refractivity contribution in [2.75, 3.05) is 0 Å². The lowest BCUT2D eigenvalue weighted by Crippen LogP contribution is -2.42. The van der Waals surface area contributed by atoms with Crippen LogP contribution in [0.1, 0.15) is 30.9 Å². The number of hydroxylamine groups is 1. The van der Waals surface area contributed by atoms with Gasteiger partial charge in [0.1, 0.15) is 0 Å². The zero-order valence-electron chi connectivity index (χ0n) is 12.5. The summed E-state index contributed by atoms with van der Waals surface area (Å²) in [5, 5.41) is 9.27. The quantitative estimate of drug-likeness (QED) is 0.669. The molecular formula is C19H19NO2. The van der Waals surface area contributed by atoms with E-state index in [4.69, 9.17) is 0 Å². The van der Waals surface area contributed by atoms with Crippen LogP contribution in [0.5, 0.6) is 0 Å². The Morgan fingerprint density at radius 2 is 1.64 bits per heavy atom. The molecule has 1 aliphatic rings. The monoisotopic (exact) mass is 293 g/mol. The zero-order chi connectivity index (χ0) is 15.6. The maximum Gasteiger partial charge on any atom is 0.258 e. The third-order valence-corrected chi connectivity index (χ3v) is 4.72. The average molecular weight is 293 g/mol. The van der Waals surface area contributed by atoms with Gasteiger partial charge in [-0.1, -0.05) is 60.7 Å². The summed E-state index contributed by atoms with van der Waals surface area (Å²) in [5.74, 6) is -0.359. The van der Waals surface area contributed by atoms with Gasteiger partial charge in [-0.3, -0.25) is 10.0 Å². The molecule has 0 aliphatic heterocycles. The van der Waals surface area contributed by atoms with Gasteiger partial charge >= 0.3 is 0 Å². The molecule has 0 heterocycles. The Labute approximate surface area is 130 Å². The Morgan fingerprint density at radius 3 is 2.23 bits per heavy atom. The van der Waals surface area contributed by atoms with Gasteiger partial charge in [0, 0.05) is 0 Å². The Bertz CT molecular complexity index is 707. The van der Waals surface area contributed by atoms with Crippen LogP contribution < -0.4 is 5.48 Å². The highest BCUT2D eigenvalue weighted by Gasteiger charge is 2.46. The highest BCUT2D eigenvalue weighted by atomic mass is 16.5. The molecule has 2 aromatic carbocycles. The van der Waals surface area contributed by atoms with Crippen molar-refractivity contribution in [3.8, 4) is 0 Å². The van der Waals surface area contributed by atoms with Crippen molar-refractivity contribution in [1.82, 2.24) is 5.48 Å². The number of carbonyl (C=O) groups is 1. The maximum atomic E-state index is 12.5. The lowest BCUT2D eigenvalue weighted by Gasteiger charge is -2.29. The van der Waals surface area contributed by atoms with Crippen LogP contribution >= 0.6 is 0 Å². The summed E-state index contributed by atoms with van der Waals surface area (Å²) < 4.78 is 0. The minimum atomic E-state index is -0.790. The number of rotatable bonds is 3. The number of hydrogen-bond donors (Lipinski definition) is 2. The van der Waals surface area contributed by atoms with Gasteiger partial charge < -0.3 is 0 Å². The molecule has 0 spiro atoms. The predicted molar refractivity (Wildman–Crippen MR) is 86.3 cm³/mol. The Kier molecular flexibility index (Phi) is 3.82. The highest BCUT2D eigenvalue weighted by Crippen LogP contribution is 2.48. The fraction of sp³-hybridized carbons (Fsp3) is 0.211. The molecule has 1 atom stereocenters. The third-order valence-electron chi connectivity index (χ3n) is 4.72. The number of nitrogens with one attached hydrogen (secondary N) is 1. The second-order valence-electron chi connectivity index (χ2n) is 5.68. The SMILES string of the molecule is CC1=C(c2ccccc2)CC[C@@]1(C(=O)NO)c1ccccc1. The lowest BCUT2D eigenvalue weighted by molar-refractivity contribution is -0.133. The minimum Gasteiger partial charge on any atom is -0.289 e. The van der Waals surface area contributed by atoms with Crippen molar-refractivity contribution < 1.29 is 10.0 Å². The number of amides is 1. The molecule has 3 nitrogen and oxygen atoms in total. The zero-order valence-corrected chi connectivity index (χ0v) is 12.5. The minimum absolute atomic E-state index is 0.359. The van der Waals surface area contributed by atoms with E-state index >= 15 is 0 Å². The van der Waals surface area contributed by atoms with E-state index in [0.717, 1.165) is 23.1 Å². The van der Waals surface area contributed by atoms with Gasteiger partial charge in [0.25, 0.3) is 5.91 Å². The first-order chi connectivity index (χ1) is 10.7. The van der Waals surface area contributed by atoms with Crippen molar-refractivity contribution >= 4 is 11.5 Å². The molecule has 0 aromatic heterocycles. The molecule has 0 bridgehead atoms. The van der Waals surface area contributed by atoms with Crippen molar-refractivity contribution in [1.29, 1.82) is 0 Å². The smallest absolute Gasteiger partial charge is 0.258 e. The van der Waals surface area contributed by atoms with Crippen molar-refractivity contribution in [2.45, 2.75) is 25.2 Å². The fourth-order valence-corrected chi connectivity index (χ4v) is 3.54. The molecule has 0 radical (unpaired) electrons. The number of allylic oxidation sites excluding steroid dienone is 1. The van der Waals surface area contributed by atoms with E-state index in [-0.39, 0.29) is 5.91 Å². The molecule has 3 rings (SSSR count). The van der Waals surface area contributed by atoms with Crippen LogP contribution in [0, 0.1) is 0 Å². The fourth-order valence-electron chi connectivity index (χ4n) is 3.54. The van der Waals surface area contributed by atoms with Gasteiger partial charge in [0.15, 0.2) is 0 Å². The Hall–Kier alpha value is -2.39. The van der Waals surface area contributed by atoms with E-state index in [0.29, 0.717) is 6.42 Å². The second-order valence-corrected chi connectivity index (χ2v) is 5.68. The van der Waals surface area contributed by atoms with Crippen molar-refractivity contribution in [2.24, 2.45) is 0 Å². The van der Waals surface area contributed by atoms with Crippen LogP contribution in [-0.2, 0) is 10.2 Å². The molecule has 22 heavy (non-hydrogen) atoms. The first-order valence-electron chi connectivity index (χ1n) is 7.46. The van der Waals surface area contributed by atoms with Gasteiger partial charge in [-0.05, 0) is 42.0 Å². The van der Waals surface area contributed by atoms with Crippen LogP contribution in [0.4, 0.5) is 0 Å². The Morgan fingerprint density at radius 1 is 1.05 bits per heavy atom. The summed E-state index contributed by atoms with van der Waals surface area (Å²) in [6, 6.07) is 19.8. The predicted octanol–water partition coefficient (Wildman–Crippen LogP) is 3.70. The Balaban J connectivity index is 2.17. The van der Waals surface area contributed by atoms with Gasteiger partial charge in [-0.15, -0.1) is 0 Å². The molecule has 0 unspecified atom stereocenters. The number of benzene rings is 2. The molecule has 112 valence electrons. The summed E-state index contributed by atoms with van der Waals surface area (Å²) in [6.07, 6.45) is 1.48. The van der Waals surface area contributed by atoms with Crippen LogP contribution in [-0.4, -0.2) is 11.1 Å². The van der Waals surface area contributed by atoms with E-state index in [1.807, 2.05) is 60.9 Å². The summed E-state index contributed by atoms with van der Waals surface area (Å²) in [4.78, 5) is 12.5. The van der Waals surface area contributed by atoms with E-state index in [1.54, 1.807) is 0 Å². The highest BCUT2D eigenvalue weighted by molar-refractivity contribution is 5.96. The molecule has 0 saturated heterocycles.